The number of aliphatic hydroxyl groups is 3. The minimum atomic E-state index is -0.921. The van der Waals surface area contributed by atoms with Gasteiger partial charge in [-0.15, -0.1) is 0 Å². The Morgan fingerprint density at radius 1 is 1.07 bits per heavy atom. The second kappa shape index (κ2) is 10.5. The molecule has 3 aliphatic rings. The molecule has 0 bridgehead atoms. The molecule has 0 aliphatic heterocycles. The van der Waals surface area contributed by atoms with Gasteiger partial charge in [-0.05, 0) is 89.9 Å². The van der Waals surface area contributed by atoms with E-state index in [1.807, 2.05) is 0 Å². The van der Waals surface area contributed by atoms with Crippen LogP contribution in [-0.2, 0) is 4.74 Å². The highest BCUT2D eigenvalue weighted by molar-refractivity contribution is 5.22. The lowest BCUT2D eigenvalue weighted by Crippen LogP contribution is -2.33. The first-order chi connectivity index (χ1) is 14.2. The van der Waals surface area contributed by atoms with Crippen molar-refractivity contribution in [2.45, 2.75) is 115 Å². The summed E-state index contributed by atoms with van der Waals surface area (Å²) < 4.78 is 6.05. The fourth-order valence-electron chi connectivity index (χ4n) is 5.38. The molecular weight excluding hydrogens is 376 g/mol. The van der Waals surface area contributed by atoms with E-state index in [9.17, 15) is 15.3 Å². The van der Waals surface area contributed by atoms with E-state index in [0.717, 1.165) is 12.8 Å². The molecule has 3 aliphatic carbocycles. The van der Waals surface area contributed by atoms with E-state index in [2.05, 4.69) is 24.0 Å². The molecule has 3 rings (SSSR count). The number of ether oxygens (including phenoxy) is 1. The Kier molecular flexibility index (Phi) is 8.21. The first-order valence-corrected chi connectivity index (χ1v) is 11.8. The lowest BCUT2D eigenvalue weighted by molar-refractivity contribution is -0.00691. The smallest absolute Gasteiger partial charge is 0.119 e. The van der Waals surface area contributed by atoms with Crippen LogP contribution in [0.5, 0.6) is 0 Å². The van der Waals surface area contributed by atoms with Gasteiger partial charge in [0.2, 0.25) is 0 Å². The maximum Gasteiger partial charge on any atom is 0.119 e. The van der Waals surface area contributed by atoms with E-state index in [1.54, 1.807) is 13.8 Å². The molecule has 4 nitrogen and oxygen atoms in total. The SMILES string of the molecule is CC(C)(O)C#CCCOC1CCC2(CCC/C(=C\C=C3C[C@@H](O)C[C@H](O)C3)C2)CC1. The number of aliphatic hydroxyl groups excluding tert-OH is 2. The molecule has 0 unspecified atom stereocenters. The summed E-state index contributed by atoms with van der Waals surface area (Å²) in [6.45, 7) is 4.05. The second-order valence-electron chi connectivity index (χ2n) is 10.3. The molecule has 0 amide bonds. The lowest BCUT2D eigenvalue weighted by Gasteiger charge is -2.43. The van der Waals surface area contributed by atoms with E-state index in [-0.39, 0.29) is 0 Å². The van der Waals surface area contributed by atoms with E-state index < -0.39 is 17.8 Å². The van der Waals surface area contributed by atoms with Gasteiger partial charge >= 0.3 is 0 Å². The maximum atomic E-state index is 9.89. The van der Waals surface area contributed by atoms with Crippen LogP contribution < -0.4 is 0 Å². The third-order valence-electron chi connectivity index (χ3n) is 6.87. The van der Waals surface area contributed by atoms with E-state index >= 15 is 0 Å². The molecule has 30 heavy (non-hydrogen) atoms. The fourth-order valence-corrected chi connectivity index (χ4v) is 5.38. The minimum absolute atomic E-state index is 0.348. The summed E-state index contributed by atoms with van der Waals surface area (Å²) in [6.07, 6.45) is 16.3. The molecule has 0 radical (unpaired) electrons. The van der Waals surface area contributed by atoms with Crippen LogP contribution in [0.3, 0.4) is 0 Å². The van der Waals surface area contributed by atoms with Gasteiger partial charge in [-0.3, -0.25) is 0 Å². The van der Waals surface area contributed by atoms with Crippen LogP contribution in [0.4, 0.5) is 0 Å². The average molecular weight is 417 g/mol. The highest BCUT2D eigenvalue weighted by Gasteiger charge is 2.37. The first-order valence-electron chi connectivity index (χ1n) is 11.8. The molecule has 1 spiro atoms. The molecule has 2 atom stereocenters. The molecule has 3 N–H and O–H groups in total. The van der Waals surface area contributed by atoms with Gasteiger partial charge in [0.1, 0.15) is 5.60 Å². The topological polar surface area (TPSA) is 69.9 Å². The Morgan fingerprint density at radius 3 is 2.40 bits per heavy atom. The van der Waals surface area contributed by atoms with Crippen molar-refractivity contribution < 1.29 is 20.1 Å². The molecule has 0 aromatic carbocycles. The van der Waals surface area contributed by atoms with Crippen LogP contribution >= 0.6 is 0 Å². The Hall–Kier alpha value is -1.12. The number of hydrogen-bond acceptors (Lipinski definition) is 4. The molecule has 0 aromatic heterocycles. The van der Waals surface area contributed by atoms with Gasteiger partial charge in [0.15, 0.2) is 0 Å². The standard InChI is InChI=1S/C26H40O4/c1-25(2,29)11-3-4-15-30-24-9-13-26(14-10-24)12-5-6-20(19-26)7-8-21-16-22(27)18-23(28)17-21/h7-8,22-24,27-29H,4-6,9-10,12-19H2,1-2H3/b20-7+/t22-,23-,24?,26?/m1/s1. The quantitative estimate of drug-likeness (QED) is 0.468. The monoisotopic (exact) mass is 416 g/mol. The van der Waals surface area contributed by atoms with Crippen molar-refractivity contribution in [3.8, 4) is 11.8 Å². The van der Waals surface area contributed by atoms with Gasteiger partial charge in [0, 0.05) is 6.42 Å². The largest absolute Gasteiger partial charge is 0.393 e. The van der Waals surface area contributed by atoms with Crippen LogP contribution in [0.1, 0.15) is 90.9 Å². The Labute approximate surface area is 182 Å². The molecule has 3 saturated carbocycles. The lowest BCUT2D eigenvalue weighted by atomic mass is 9.63. The van der Waals surface area contributed by atoms with Crippen LogP contribution in [0, 0.1) is 17.3 Å². The van der Waals surface area contributed by atoms with Crippen LogP contribution in [0.15, 0.2) is 23.3 Å². The Morgan fingerprint density at radius 2 is 1.73 bits per heavy atom. The van der Waals surface area contributed by atoms with Crippen LogP contribution in [0.25, 0.3) is 0 Å². The predicted molar refractivity (Wildman–Crippen MR) is 120 cm³/mol. The van der Waals surface area contributed by atoms with Crippen LogP contribution in [-0.4, -0.2) is 45.8 Å². The van der Waals surface area contributed by atoms with Gasteiger partial charge < -0.3 is 20.1 Å². The Balaban J connectivity index is 1.45. The summed E-state index contributed by atoms with van der Waals surface area (Å²) in [5, 5.41) is 29.4. The molecule has 168 valence electrons. The van der Waals surface area contributed by atoms with Gasteiger partial charge in [-0.1, -0.05) is 35.1 Å². The van der Waals surface area contributed by atoms with Gasteiger partial charge in [-0.2, -0.15) is 0 Å². The predicted octanol–water partition coefficient (Wildman–Crippen LogP) is 4.43. The zero-order chi connectivity index (χ0) is 21.6. The molecule has 0 aromatic rings. The van der Waals surface area contributed by atoms with Crippen molar-refractivity contribution >= 4 is 0 Å². The molecule has 3 fully saturated rings. The van der Waals surface area contributed by atoms with Gasteiger partial charge in [0.05, 0.1) is 24.9 Å². The molecule has 0 heterocycles. The summed E-state index contributed by atoms with van der Waals surface area (Å²) in [4.78, 5) is 0. The molecular formula is C26H40O4. The number of hydrogen-bond donors (Lipinski definition) is 3. The first kappa shape index (κ1) is 23.5. The zero-order valence-electron chi connectivity index (χ0n) is 18.8. The third-order valence-corrected chi connectivity index (χ3v) is 6.87. The molecule has 0 saturated heterocycles. The zero-order valence-corrected chi connectivity index (χ0v) is 18.8. The van der Waals surface area contributed by atoms with Crippen molar-refractivity contribution in [2.24, 2.45) is 5.41 Å². The third kappa shape index (κ3) is 7.54. The number of allylic oxidation sites excluding steroid dienone is 3. The minimum Gasteiger partial charge on any atom is -0.393 e. The second-order valence-corrected chi connectivity index (χ2v) is 10.3. The van der Waals surface area contributed by atoms with Crippen molar-refractivity contribution in [1.29, 1.82) is 0 Å². The summed E-state index contributed by atoms with van der Waals surface area (Å²) in [6, 6.07) is 0. The van der Waals surface area contributed by atoms with E-state index in [1.165, 1.54) is 49.7 Å². The summed E-state index contributed by atoms with van der Waals surface area (Å²) >= 11 is 0. The highest BCUT2D eigenvalue weighted by atomic mass is 16.5. The summed E-state index contributed by atoms with van der Waals surface area (Å²) in [5.41, 5.74) is 2.23. The maximum absolute atomic E-state index is 9.89. The van der Waals surface area contributed by atoms with Gasteiger partial charge in [-0.25, -0.2) is 0 Å². The Bertz CT molecular complexity index is 668. The normalized spacial score (nSPS) is 34.0. The van der Waals surface area contributed by atoms with Crippen LogP contribution in [0.2, 0.25) is 0 Å². The van der Waals surface area contributed by atoms with E-state index in [4.69, 9.17) is 4.74 Å². The number of rotatable bonds is 4. The summed E-state index contributed by atoms with van der Waals surface area (Å²) in [5.74, 6) is 5.84. The van der Waals surface area contributed by atoms with Gasteiger partial charge in [0.25, 0.3) is 0 Å². The fraction of sp³-hybridized carbons (Fsp3) is 0.769. The average Bonchev–Trinajstić information content (AvgIpc) is 2.66. The van der Waals surface area contributed by atoms with E-state index in [0.29, 0.717) is 43.8 Å². The van der Waals surface area contributed by atoms with Crippen molar-refractivity contribution in [3.05, 3.63) is 23.3 Å². The van der Waals surface area contributed by atoms with Crippen molar-refractivity contribution in [2.75, 3.05) is 6.61 Å². The van der Waals surface area contributed by atoms with Crippen molar-refractivity contribution in [3.63, 3.8) is 0 Å². The summed E-state index contributed by atoms with van der Waals surface area (Å²) in [7, 11) is 0. The molecule has 4 heteroatoms. The van der Waals surface area contributed by atoms with Crippen molar-refractivity contribution in [1.82, 2.24) is 0 Å². The highest BCUT2D eigenvalue weighted by Crippen LogP contribution is 2.49.